The number of anilines is 2. The second kappa shape index (κ2) is 5.88. The van der Waals surface area contributed by atoms with Gasteiger partial charge in [-0.15, -0.1) is 0 Å². The van der Waals surface area contributed by atoms with Gasteiger partial charge in [-0.25, -0.2) is 22.8 Å². The lowest BCUT2D eigenvalue weighted by atomic mass is 10.3. The van der Waals surface area contributed by atoms with Crippen molar-refractivity contribution in [1.29, 1.82) is 0 Å². The Bertz CT molecular complexity index is 783. The number of aryl methyl sites for hydroxylation is 2. The van der Waals surface area contributed by atoms with E-state index in [1.165, 1.54) is 18.2 Å². The Balaban J connectivity index is 2.42. The molecule has 1 aromatic heterocycles. The molecule has 0 aliphatic heterocycles. The molecule has 0 spiro atoms. The first kappa shape index (κ1) is 16.2. The number of halogens is 1. The monoisotopic (exact) mass is 324 g/mol. The Kier molecular flexibility index (Phi) is 4.32. The van der Waals surface area contributed by atoms with Crippen molar-refractivity contribution in [2.75, 3.05) is 23.7 Å². The molecule has 0 saturated heterocycles. The fraction of sp³-hybridized carbons (Fsp3) is 0.286. The molecule has 1 N–H and O–H groups in total. The second-order valence-electron chi connectivity index (χ2n) is 5.03. The zero-order chi connectivity index (χ0) is 16.5. The lowest BCUT2D eigenvalue weighted by molar-refractivity contribution is 0.595. The van der Waals surface area contributed by atoms with E-state index in [4.69, 9.17) is 0 Å². The number of rotatable bonds is 4. The molecule has 0 fully saturated rings. The minimum Gasteiger partial charge on any atom is -0.347 e. The first-order chi connectivity index (χ1) is 10.2. The highest BCUT2D eigenvalue weighted by Gasteiger charge is 2.19. The summed E-state index contributed by atoms with van der Waals surface area (Å²) >= 11 is 0. The third-order valence-electron chi connectivity index (χ3n) is 3.00. The summed E-state index contributed by atoms with van der Waals surface area (Å²) in [5.74, 6) is -0.126. The summed E-state index contributed by atoms with van der Waals surface area (Å²) < 4.78 is 40.3. The van der Waals surface area contributed by atoms with Crippen molar-refractivity contribution in [2.45, 2.75) is 18.7 Å². The van der Waals surface area contributed by atoms with Crippen LogP contribution in [0.25, 0.3) is 0 Å². The Morgan fingerprint density at radius 1 is 1.14 bits per heavy atom. The highest BCUT2D eigenvalue weighted by atomic mass is 32.2. The van der Waals surface area contributed by atoms with Crippen LogP contribution in [0.4, 0.5) is 16.0 Å². The number of hydrogen-bond donors (Lipinski definition) is 1. The predicted octanol–water partition coefficient (Wildman–Crippen LogP) is 2.10. The molecule has 0 aliphatic carbocycles. The van der Waals surface area contributed by atoms with Crippen LogP contribution >= 0.6 is 0 Å². The van der Waals surface area contributed by atoms with Crippen LogP contribution in [0.5, 0.6) is 0 Å². The Morgan fingerprint density at radius 2 is 1.73 bits per heavy atom. The predicted molar refractivity (Wildman–Crippen MR) is 83.0 cm³/mol. The summed E-state index contributed by atoms with van der Waals surface area (Å²) in [6.07, 6.45) is 0. The van der Waals surface area contributed by atoms with E-state index >= 15 is 0 Å². The van der Waals surface area contributed by atoms with Gasteiger partial charge in [-0.3, -0.25) is 4.72 Å². The Morgan fingerprint density at radius 3 is 2.23 bits per heavy atom. The van der Waals surface area contributed by atoms with Crippen LogP contribution in [-0.4, -0.2) is 32.5 Å². The summed E-state index contributed by atoms with van der Waals surface area (Å²) in [5.41, 5.74) is 1.29. The van der Waals surface area contributed by atoms with Crippen LogP contribution < -0.4 is 9.62 Å². The van der Waals surface area contributed by atoms with E-state index in [2.05, 4.69) is 14.7 Å². The lowest BCUT2D eigenvalue weighted by Crippen LogP contribution is -2.19. The van der Waals surface area contributed by atoms with Gasteiger partial charge in [-0.2, -0.15) is 0 Å². The van der Waals surface area contributed by atoms with Crippen LogP contribution in [0.3, 0.4) is 0 Å². The molecule has 8 heteroatoms. The molecule has 0 atom stereocenters. The first-order valence-corrected chi connectivity index (χ1v) is 8.00. The molecule has 0 saturated carbocycles. The van der Waals surface area contributed by atoms with Gasteiger partial charge < -0.3 is 4.90 Å². The average Bonchev–Trinajstić information content (AvgIpc) is 2.42. The Hall–Kier alpha value is -2.22. The number of hydrogen-bond acceptors (Lipinski definition) is 5. The van der Waals surface area contributed by atoms with Crippen molar-refractivity contribution in [3.8, 4) is 0 Å². The van der Waals surface area contributed by atoms with Crippen molar-refractivity contribution < 1.29 is 12.8 Å². The molecule has 0 radical (unpaired) electrons. The van der Waals surface area contributed by atoms with Gasteiger partial charge in [0.25, 0.3) is 10.0 Å². The van der Waals surface area contributed by atoms with Gasteiger partial charge in [-0.05, 0) is 32.0 Å². The maximum absolute atomic E-state index is 13.2. The third kappa shape index (κ3) is 3.33. The van der Waals surface area contributed by atoms with Crippen LogP contribution in [0.2, 0.25) is 0 Å². The first-order valence-electron chi connectivity index (χ1n) is 6.51. The van der Waals surface area contributed by atoms with E-state index in [0.717, 1.165) is 6.07 Å². The molecule has 118 valence electrons. The number of nitrogens with zero attached hydrogens (tertiary/aromatic N) is 3. The van der Waals surface area contributed by atoms with Gasteiger partial charge in [0.15, 0.2) is 0 Å². The third-order valence-corrected chi connectivity index (χ3v) is 4.35. The summed E-state index contributed by atoms with van der Waals surface area (Å²) in [6.45, 7) is 3.37. The zero-order valence-corrected chi connectivity index (χ0v) is 13.6. The molecule has 2 rings (SSSR count). The van der Waals surface area contributed by atoms with E-state index in [1.807, 2.05) is 0 Å². The molecule has 22 heavy (non-hydrogen) atoms. The molecule has 0 aliphatic rings. The van der Waals surface area contributed by atoms with Crippen molar-refractivity contribution >= 4 is 21.7 Å². The smallest absolute Gasteiger partial charge is 0.262 e. The molecule has 0 bridgehead atoms. The van der Waals surface area contributed by atoms with E-state index in [1.54, 1.807) is 32.8 Å². The lowest BCUT2D eigenvalue weighted by Gasteiger charge is -2.16. The van der Waals surface area contributed by atoms with E-state index in [-0.39, 0.29) is 4.90 Å². The highest BCUT2D eigenvalue weighted by molar-refractivity contribution is 7.92. The van der Waals surface area contributed by atoms with Crippen molar-refractivity contribution in [3.63, 3.8) is 0 Å². The summed E-state index contributed by atoms with van der Waals surface area (Å²) in [7, 11) is -0.305. The molecule has 1 aromatic carbocycles. The SMILES string of the molecule is Cc1nc(N(C)C)nc(C)c1NS(=O)(=O)c1cccc(F)c1. The molecule has 1 heterocycles. The van der Waals surface area contributed by atoms with Crippen LogP contribution in [0.1, 0.15) is 11.4 Å². The normalized spacial score (nSPS) is 11.3. The minimum atomic E-state index is -3.90. The molecular formula is C14H17FN4O2S. The van der Waals surface area contributed by atoms with Crippen LogP contribution in [-0.2, 0) is 10.0 Å². The van der Waals surface area contributed by atoms with Gasteiger partial charge in [-0.1, -0.05) is 6.07 Å². The fourth-order valence-electron chi connectivity index (χ4n) is 1.87. The van der Waals surface area contributed by atoms with Crippen molar-refractivity contribution in [1.82, 2.24) is 9.97 Å². The summed E-state index contributed by atoms with van der Waals surface area (Å²) in [5, 5.41) is 0. The molecular weight excluding hydrogens is 307 g/mol. The average molecular weight is 324 g/mol. The fourth-order valence-corrected chi connectivity index (χ4v) is 3.08. The van der Waals surface area contributed by atoms with Crippen LogP contribution in [0.15, 0.2) is 29.2 Å². The maximum Gasteiger partial charge on any atom is 0.262 e. The highest BCUT2D eigenvalue weighted by Crippen LogP contribution is 2.23. The van der Waals surface area contributed by atoms with E-state index < -0.39 is 15.8 Å². The Labute approximate surface area is 129 Å². The van der Waals surface area contributed by atoms with Gasteiger partial charge in [0.2, 0.25) is 5.95 Å². The van der Waals surface area contributed by atoms with Crippen LogP contribution in [0, 0.1) is 19.7 Å². The van der Waals surface area contributed by atoms with Gasteiger partial charge in [0, 0.05) is 14.1 Å². The molecule has 2 aromatic rings. The number of nitrogens with one attached hydrogen (secondary N) is 1. The van der Waals surface area contributed by atoms with Crippen molar-refractivity contribution in [3.05, 3.63) is 41.5 Å². The molecule has 6 nitrogen and oxygen atoms in total. The quantitative estimate of drug-likeness (QED) is 0.932. The number of sulfonamides is 1. The molecule has 0 amide bonds. The van der Waals surface area contributed by atoms with Crippen molar-refractivity contribution in [2.24, 2.45) is 0 Å². The summed E-state index contributed by atoms with van der Waals surface area (Å²) in [4.78, 5) is 10.1. The summed E-state index contributed by atoms with van der Waals surface area (Å²) in [6, 6.07) is 4.81. The van der Waals surface area contributed by atoms with Gasteiger partial charge in [0.1, 0.15) is 5.82 Å². The maximum atomic E-state index is 13.2. The second-order valence-corrected chi connectivity index (χ2v) is 6.71. The topological polar surface area (TPSA) is 75.2 Å². The van der Waals surface area contributed by atoms with Gasteiger partial charge >= 0.3 is 0 Å². The van der Waals surface area contributed by atoms with E-state index in [0.29, 0.717) is 23.0 Å². The zero-order valence-electron chi connectivity index (χ0n) is 12.8. The van der Waals surface area contributed by atoms with Gasteiger partial charge in [0.05, 0.1) is 22.0 Å². The van der Waals surface area contributed by atoms with E-state index in [9.17, 15) is 12.8 Å². The number of benzene rings is 1. The standard InChI is InChI=1S/C14H17FN4O2S/c1-9-13(10(2)17-14(16-9)19(3)4)18-22(20,21)12-7-5-6-11(15)8-12/h5-8,18H,1-4H3. The minimum absolute atomic E-state index is 0.150. The largest absolute Gasteiger partial charge is 0.347 e. The number of aromatic nitrogens is 2. The molecule has 0 unspecified atom stereocenters.